The molecule has 0 aliphatic carbocycles. The van der Waals surface area contributed by atoms with E-state index in [9.17, 15) is 19.5 Å². The maximum atomic E-state index is 14.1. The minimum absolute atomic E-state index is 0.0601. The van der Waals surface area contributed by atoms with Crippen LogP contribution in [0.4, 0.5) is 4.79 Å². The van der Waals surface area contributed by atoms with Crippen molar-refractivity contribution in [1.29, 1.82) is 0 Å². The van der Waals surface area contributed by atoms with Gasteiger partial charge in [0, 0.05) is 19.0 Å². The third kappa shape index (κ3) is 9.44. The highest BCUT2D eigenvalue weighted by atomic mass is 16.6. The molecule has 0 saturated carbocycles. The monoisotopic (exact) mass is 511 g/mol. The lowest BCUT2D eigenvalue weighted by Gasteiger charge is -2.37. The number of hydrogen-bond acceptors (Lipinski definition) is 5. The van der Waals surface area contributed by atoms with E-state index >= 15 is 0 Å². The van der Waals surface area contributed by atoms with Crippen LogP contribution in [-0.4, -0.2) is 52.1 Å². The highest BCUT2D eigenvalue weighted by Crippen LogP contribution is 2.27. The van der Waals surface area contributed by atoms with Crippen molar-refractivity contribution in [3.05, 3.63) is 65.7 Å². The number of unbranched alkanes of at least 4 members (excludes halogenated alkanes) is 1. The Balaban J connectivity index is 2.48. The van der Waals surface area contributed by atoms with Gasteiger partial charge in [-0.2, -0.15) is 0 Å². The normalized spacial score (nSPS) is 12.9. The summed E-state index contributed by atoms with van der Waals surface area (Å²) in [5.74, 6) is -0.671. The zero-order chi connectivity index (χ0) is 27.6. The van der Waals surface area contributed by atoms with Gasteiger partial charge in [-0.3, -0.25) is 9.59 Å². The zero-order valence-electron chi connectivity index (χ0n) is 22.8. The number of benzene rings is 2. The quantitative estimate of drug-likeness (QED) is 0.378. The SMILES string of the molecule is CCCCNC(=O)C(c1ccc(O)cc1)N(C(=O)C(Cc1ccccc1)NC(=O)OC(C)(C)C)C(C)C. The molecule has 0 heterocycles. The number of rotatable bonds is 11. The van der Waals surface area contributed by atoms with E-state index in [1.165, 1.54) is 17.0 Å². The summed E-state index contributed by atoms with van der Waals surface area (Å²) >= 11 is 0. The van der Waals surface area contributed by atoms with E-state index in [1.54, 1.807) is 32.9 Å². The second kappa shape index (κ2) is 13.7. The number of alkyl carbamates (subject to hydrolysis) is 1. The zero-order valence-corrected chi connectivity index (χ0v) is 22.8. The Labute approximate surface area is 220 Å². The molecule has 2 atom stereocenters. The van der Waals surface area contributed by atoms with Gasteiger partial charge >= 0.3 is 6.09 Å². The van der Waals surface area contributed by atoms with Crippen LogP contribution in [0.15, 0.2) is 54.6 Å². The third-order valence-electron chi connectivity index (χ3n) is 5.65. The smallest absolute Gasteiger partial charge is 0.408 e. The number of hydrogen-bond donors (Lipinski definition) is 3. The van der Waals surface area contributed by atoms with Crippen molar-refractivity contribution in [2.75, 3.05) is 6.54 Å². The van der Waals surface area contributed by atoms with Crippen molar-refractivity contribution >= 4 is 17.9 Å². The maximum Gasteiger partial charge on any atom is 0.408 e. The van der Waals surface area contributed by atoms with Crippen LogP contribution >= 0.6 is 0 Å². The van der Waals surface area contributed by atoms with Crippen LogP contribution in [0.2, 0.25) is 0 Å². The Morgan fingerprint density at radius 3 is 2.16 bits per heavy atom. The van der Waals surface area contributed by atoms with Gasteiger partial charge in [0.25, 0.3) is 0 Å². The van der Waals surface area contributed by atoms with E-state index in [-0.39, 0.29) is 24.1 Å². The molecule has 3 N–H and O–H groups in total. The van der Waals surface area contributed by atoms with E-state index in [0.29, 0.717) is 12.1 Å². The van der Waals surface area contributed by atoms with Crippen molar-refractivity contribution < 1.29 is 24.2 Å². The molecule has 37 heavy (non-hydrogen) atoms. The summed E-state index contributed by atoms with van der Waals surface area (Å²) in [6, 6.07) is 13.3. The number of nitrogens with one attached hydrogen (secondary N) is 2. The van der Waals surface area contributed by atoms with Gasteiger partial charge in [-0.05, 0) is 64.3 Å². The van der Waals surface area contributed by atoms with Crippen LogP contribution < -0.4 is 10.6 Å². The molecule has 2 rings (SSSR count). The molecule has 3 amide bonds. The van der Waals surface area contributed by atoms with E-state index in [0.717, 1.165) is 18.4 Å². The van der Waals surface area contributed by atoms with Gasteiger partial charge in [0.15, 0.2) is 0 Å². The molecule has 0 fully saturated rings. The number of nitrogens with zero attached hydrogens (tertiary/aromatic N) is 1. The van der Waals surface area contributed by atoms with Crippen molar-refractivity contribution in [2.24, 2.45) is 0 Å². The fraction of sp³-hybridized carbons (Fsp3) is 0.483. The predicted molar refractivity (Wildman–Crippen MR) is 144 cm³/mol. The highest BCUT2D eigenvalue weighted by molar-refractivity contribution is 5.92. The molecular weight excluding hydrogens is 470 g/mol. The second-order valence-corrected chi connectivity index (χ2v) is 10.4. The lowest BCUT2D eigenvalue weighted by atomic mass is 9.98. The molecule has 2 aromatic carbocycles. The summed E-state index contributed by atoms with van der Waals surface area (Å²) in [5.41, 5.74) is 0.675. The molecule has 202 valence electrons. The van der Waals surface area contributed by atoms with Crippen LogP contribution in [0.5, 0.6) is 5.75 Å². The molecule has 0 aliphatic rings. The minimum Gasteiger partial charge on any atom is -0.508 e. The number of carbonyl (C=O) groups excluding carboxylic acids is 3. The molecule has 0 bridgehead atoms. The first kappa shape index (κ1) is 29.7. The Hall–Kier alpha value is -3.55. The average molecular weight is 512 g/mol. The lowest BCUT2D eigenvalue weighted by Crippen LogP contribution is -2.55. The number of aromatic hydroxyl groups is 1. The first-order valence-corrected chi connectivity index (χ1v) is 12.8. The first-order valence-electron chi connectivity index (χ1n) is 12.8. The molecule has 8 nitrogen and oxygen atoms in total. The number of carbonyl (C=O) groups is 3. The number of phenols is 1. The predicted octanol–water partition coefficient (Wildman–Crippen LogP) is 4.72. The molecule has 0 aliphatic heterocycles. The fourth-order valence-corrected chi connectivity index (χ4v) is 3.94. The Morgan fingerprint density at radius 2 is 1.62 bits per heavy atom. The van der Waals surface area contributed by atoms with Crippen LogP contribution in [-0.2, 0) is 20.7 Å². The molecule has 0 saturated heterocycles. The Kier molecular flexibility index (Phi) is 11.0. The minimum atomic E-state index is -0.970. The van der Waals surface area contributed by atoms with Gasteiger partial charge in [-0.25, -0.2) is 4.79 Å². The van der Waals surface area contributed by atoms with E-state index in [1.807, 2.05) is 51.1 Å². The second-order valence-electron chi connectivity index (χ2n) is 10.4. The average Bonchev–Trinajstić information content (AvgIpc) is 2.81. The molecular formula is C29H41N3O5. The Bertz CT molecular complexity index is 1020. The standard InChI is InChI=1S/C29H41N3O5/c1-7-8-18-30-26(34)25(22-14-16-23(33)17-15-22)32(20(2)3)27(35)24(19-21-12-10-9-11-13-21)31-28(36)37-29(4,5)6/h9-17,20,24-25,33H,7-8,18-19H2,1-6H3,(H,30,34)(H,31,36). The molecule has 8 heteroatoms. The van der Waals surface area contributed by atoms with Gasteiger partial charge in [-0.1, -0.05) is 55.8 Å². The van der Waals surface area contributed by atoms with Crippen LogP contribution in [0.3, 0.4) is 0 Å². The van der Waals surface area contributed by atoms with Crippen LogP contribution in [0.25, 0.3) is 0 Å². The van der Waals surface area contributed by atoms with Gasteiger partial charge in [-0.15, -0.1) is 0 Å². The number of ether oxygens (including phenoxy) is 1. The summed E-state index contributed by atoms with van der Waals surface area (Å²) in [7, 11) is 0. The lowest BCUT2D eigenvalue weighted by molar-refractivity contribution is -0.144. The highest BCUT2D eigenvalue weighted by Gasteiger charge is 2.37. The molecule has 2 unspecified atom stereocenters. The summed E-state index contributed by atoms with van der Waals surface area (Å²) in [5, 5.41) is 15.5. The van der Waals surface area contributed by atoms with Crippen LogP contribution in [0.1, 0.15) is 71.6 Å². The molecule has 2 aromatic rings. The third-order valence-corrected chi connectivity index (χ3v) is 5.65. The van der Waals surface area contributed by atoms with Gasteiger partial charge < -0.3 is 25.4 Å². The molecule has 0 aromatic heterocycles. The van der Waals surface area contributed by atoms with Gasteiger partial charge in [0.1, 0.15) is 23.4 Å². The topological polar surface area (TPSA) is 108 Å². The van der Waals surface area contributed by atoms with Crippen molar-refractivity contribution in [3.8, 4) is 5.75 Å². The van der Waals surface area contributed by atoms with Gasteiger partial charge in [0.2, 0.25) is 11.8 Å². The van der Waals surface area contributed by atoms with E-state index < -0.39 is 29.7 Å². The van der Waals surface area contributed by atoms with Crippen LogP contribution in [0, 0.1) is 0 Å². The first-order chi connectivity index (χ1) is 17.4. The summed E-state index contributed by atoms with van der Waals surface area (Å²) < 4.78 is 5.44. The Morgan fingerprint density at radius 1 is 1.00 bits per heavy atom. The maximum absolute atomic E-state index is 14.1. The van der Waals surface area contributed by atoms with Crippen molar-refractivity contribution in [1.82, 2.24) is 15.5 Å². The number of phenolic OH excluding ortho intramolecular Hbond substituents is 1. The summed E-state index contributed by atoms with van der Waals surface area (Å²) in [4.78, 5) is 41.8. The summed E-state index contributed by atoms with van der Waals surface area (Å²) in [6.07, 6.45) is 1.23. The van der Waals surface area contributed by atoms with E-state index in [2.05, 4.69) is 10.6 Å². The van der Waals surface area contributed by atoms with Crippen molar-refractivity contribution in [2.45, 2.75) is 84.5 Å². The molecule has 0 spiro atoms. The number of amides is 3. The van der Waals surface area contributed by atoms with E-state index in [4.69, 9.17) is 4.74 Å². The fourth-order valence-electron chi connectivity index (χ4n) is 3.94. The van der Waals surface area contributed by atoms with Gasteiger partial charge in [0.05, 0.1) is 0 Å². The largest absolute Gasteiger partial charge is 0.508 e. The van der Waals surface area contributed by atoms with Crippen molar-refractivity contribution in [3.63, 3.8) is 0 Å². The molecule has 0 radical (unpaired) electrons. The summed E-state index contributed by atoms with van der Waals surface area (Å²) in [6.45, 7) is 11.4.